The fraction of sp³-hybridized carbons (Fsp3) is 0.235. The van der Waals surface area contributed by atoms with Crippen LogP contribution in [0.15, 0.2) is 48.6 Å². The van der Waals surface area contributed by atoms with Crippen LogP contribution >= 0.6 is 0 Å². The fourth-order valence-corrected chi connectivity index (χ4v) is 2.65. The molecule has 1 fully saturated rings. The number of imidazole rings is 1. The summed E-state index contributed by atoms with van der Waals surface area (Å²) in [5.41, 5.74) is 8.59. The highest BCUT2D eigenvalue weighted by molar-refractivity contribution is 5.82. The normalized spacial score (nSPS) is 21.5. The molecule has 2 heterocycles. The SMILES string of the molecule is Nc1ncnc2c1ncn2/C=C1\[C@H](F)[C@H]1COCc1ccccc1. The minimum Gasteiger partial charge on any atom is -0.382 e. The van der Waals surface area contributed by atoms with Crippen LogP contribution in [-0.4, -0.2) is 32.3 Å². The number of benzene rings is 1. The molecule has 2 aromatic heterocycles. The van der Waals surface area contributed by atoms with E-state index in [9.17, 15) is 4.39 Å². The molecule has 4 rings (SSSR count). The quantitative estimate of drug-likeness (QED) is 0.779. The molecule has 0 unspecified atom stereocenters. The Morgan fingerprint density at radius 3 is 2.88 bits per heavy atom. The molecule has 2 atom stereocenters. The van der Waals surface area contributed by atoms with Crippen LogP contribution in [0.5, 0.6) is 0 Å². The van der Waals surface area contributed by atoms with Gasteiger partial charge in [0.2, 0.25) is 0 Å². The highest BCUT2D eigenvalue weighted by Crippen LogP contribution is 2.42. The predicted molar refractivity (Wildman–Crippen MR) is 88.5 cm³/mol. The van der Waals surface area contributed by atoms with E-state index in [2.05, 4.69) is 15.0 Å². The first kappa shape index (κ1) is 14.8. The molecule has 0 amide bonds. The van der Waals surface area contributed by atoms with Crippen LogP contribution in [-0.2, 0) is 11.3 Å². The van der Waals surface area contributed by atoms with Crippen molar-refractivity contribution in [1.82, 2.24) is 19.5 Å². The predicted octanol–water partition coefficient (Wildman–Crippen LogP) is 2.43. The Balaban J connectivity index is 1.43. The zero-order chi connectivity index (χ0) is 16.5. The van der Waals surface area contributed by atoms with E-state index in [4.69, 9.17) is 10.5 Å². The molecule has 1 aliphatic carbocycles. The van der Waals surface area contributed by atoms with Crippen LogP contribution in [0.3, 0.4) is 0 Å². The van der Waals surface area contributed by atoms with E-state index in [-0.39, 0.29) is 5.92 Å². The summed E-state index contributed by atoms with van der Waals surface area (Å²) >= 11 is 0. The first-order valence-corrected chi connectivity index (χ1v) is 7.64. The third-order valence-corrected chi connectivity index (χ3v) is 4.07. The smallest absolute Gasteiger partial charge is 0.169 e. The number of alkyl halides is 1. The number of hydrogen-bond donors (Lipinski definition) is 1. The molecule has 0 aliphatic heterocycles. The third-order valence-electron chi connectivity index (χ3n) is 4.07. The van der Waals surface area contributed by atoms with Crippen molar-refractivity contribution >= 4 is 23.2 Å². The van der Waals surface area contributed by atoms with Gasteiger partial charge in [-0.3, -0.25) is 4.57 Å². The molecule has 0 bridgehead atoms. The van der Waals surface area contributed by atoms with E-state index in [1.54, 1.807) is 17.1 Å². The van der Waals surface area contributed by atoms with Crippen molar-refractivity contribution in [1.29, 1.82) is 0 Å². The average molecular weight is 325 g/mol. The van der Waals surface area contributed by atoms with Gasteiger partial charge in [0.1, 0.15) is 18.8 Å². The van der Waals surface area contributed by atoms with Crippen molar-refractivity contribution < 1.29 is 9.13 Å². The maximum atomic E-state index is 14.0. The van der Waals surface area contributed by atoms with Gasteiger partial charge in [-0.15, -0.1) is 0 Å². The maximum absolute atomic E-state index is 14.0. The van der Waals surface area contributed by atoms with E-state index < -0.39 is 6.17 Å². The van der Waals surface area contributed by atoms with E-state index in [0.29, 0.717) is 35.8 Å². The van der Waals surface area contributed by atoms with Crippen LogP contribution in [0.4, 0.5) is 10.2 Å². The lowest BCUT2D eigenvalue weighted by molar-refractivity contribution is 0.107. The van der Waals surface area contributed by atoms with Crippen molar-refractivity contribution in [3.8, 4) is 0 Å². The van der Waals surface area contributed by atoms with E-state index in [0.717, 1.165) is 5.56 Å². The molecule has 7 heteroatoms. The van der Waals surface area contributed by atoms with Gasteiger partial charge in [0.05, 0.1) is 13.2 Å². The number of nitrogens with zero attached hydrogens (tertiary/aromatic N) is 4. The van der Waals surface area contributed by atoms with Crippen molar-refractivity contribution in [2.45, 2.75) is 12.8 Å². The Labute approximate surface area is 137 Å². The van der Waals surface area contributed by atoms with Gasteiger partial charge in [-0.25, -0.2) is 19.3 Å². The molecule has 1 saturated carbocycles. The number of ether oxygens (including phenoxy) is 1. The molecule has 24 heavy (non-hydrogen) atoms. The summed E-state index contributed by atoms with van der Waals surface area (Å²) < 4.78 is 21.3. The lowest BCUT2D eigenvalue weighted by Crippen LogP contribution is -1.98. The second-order valence-electron chi connectivity index (χ2n) is 5.72. The Hall–Kier alpha value is -2.80. The van der Waals surface area contributed by atoms with Gasteiger partial charge in [0.25, 0.3) is 0 Å². The van der Waals surface area contributed by atoms with Crippen LogP contribution < -0.4 is 5.73 Å². The van der Waals surface area contributed by atoms with Crippen LogP contribution in [0.1, 0.15) is 5.56 Å². The van der Waals surface area contributed by atoms with Gasteiger partial charge >= 0.3 is 0 Å². The van der Waals surface area contributed by atoms with E-state index in [1.165, 1.54) is 6.33 Å². The fourth-order valence-electron chi connectivity index (χ4n) is 2.65. The molecular weight excluding hydrogens is 309 g/mol. The molecule has 3 aromatic rings. The number of fused-ring (bicyclic) bond motifs is 1. The lowest BCUT2D eigenvalue weighted by atomic mass is 10.2. The molecule has 0 spiro atoms. The van der Waals surface area contributed by atoms with Crippen molar-refractivity contribution in [2.75, 3.05) is 12.3 Å². The van der Waals surface area contributed by atoms with Crippen molar-refractivity contribution in [3.05, 3.63) is 54.1 Å². The van der Waals surface area contributed by atoms with Gasteiger partial charge in [-0.2, -0.15) is 0 Å². The summed E-state index contributed by atoms with van der Waals surface area (Å²) in [7, 11) is 0. The summed E-state index contributed by atoms with van der Waals surface area (Å²) in [5.74, 6) is 0.0952. The minimum absolute atomic E-state index is 0.217. The first-order valence-electron chi connectivity index (χ1n) is 7.64. The summed E-state index contributed by atoms with van der Waals surface area (Å²) in [5, 5.41) is 0. The maximum Gasteiger partial charge on any atom is 0.169 e. The molecule has 0 saturated heterocycles. The summed E-state index contributed by atoms with van der Waals surface area (Å²) in [4.78, 5) is 12.2. The molecule has 122 valence electrons. The van der Waals surface area contributed by atoms with Crippen LogP contribution in [0, 0.1) is 5.92 Å². The molecular formula is C17H16FN5O. The number of anilines is 1. The number of halogens is 1. The second kappa shape index (κ2) is 6.01. The van der Waals surface area contributed by atoms with Gasteiger partial charge < -0.3 is 10.5 Å². The Kier molecular flexibility index (Phi) is 3.70. The second-order valence-corrected chi connectivity index (χ2v) is 5.72. The topological polar surface area (TPSA) is 78.9 Å². The molecule has 6 nitrogen and oxygen atoms in total. The largest absolute Gasteiger partial charge is 0.382 e. The van der Waals surface area contributed by atoms with Crippen molar-refractivity contribution in [2.24, 2.45) is 5.92 Å². The van der Waals surface area contributed by atoms with Gasteiger partial charge in [-0.05, 0) is 11.1 Å². The highest BCUT2D eigenvalue weighted by atomic mass is 19.1. The number of rotatable bonds is 5. The Bertz CT molecular complexity index is 892. The zero-order valence-electron chi connectivity index (χ0n) is 12.8. The highest BCUT2D eigenvalue weighted by Gasteiger charge is 2.45. The van der Waals surface area contributed by atoms with Gasteiger partial charge in [0.15, 0.2) is 17.0 Å². The number of nitrogen functional groups attached to an aromatic ring is 1. The Morgan fingerprint density at radius 2 is 2.04 bits per heavy atom. The van der Waals surface area contributed by atoms with E-state index >= 15 is 0 Å². The summed E-state index contributed by atoms with van der Waals surface area (Å²) in [6.07, 6.45) is 3.66. The number of aromatic nitrogens is 4. The summed E-state index contributed by atoms with van der Waals surface area (Å²) in [6.45, 7) is 0.834. The zero-order valence-corrected chi connectivity index (χ0v) is 12.8. The lowest BCUT2D eigenvalue weighted by Gasteiger charge is -2.02. The van der Waals surface area contributed by atoms with Crippen LogP contribution in [0.2, 0.25) is 0 Å². The Morgan fingerprint density at radius 1 is 1.21 bits per heavy atom. The average Bonchev–Trinajstić information content (AvgIpc) is 3.02. The van der Waals surface area contributed by atoms with Gasteiger partial charge in [0, 0.05) is 12.1 Å². The minimum atomic E-state index is -0.989. The third kappa shape index (κ3) is 2.74. The number of hydrogen-bond acceptors (Lipinski definition) is 5. The molecule has 1 aliphatic rings. The molecule has 1 aromatic carbocycles. The van der Waals surface area contributed by atoms with Crippen molar-refractivity contribution in [3.63, 3.8) is 0 Å². The molecule has 2 N–H and O–H groups in total. The van der Waals surface area contributed by atoms with E-state index in [1.807, 2.05) is 30.3 Å². The standard InChI is InChI=1S/C17H16FN5O/c18-14-12(13(14)8-24-7-11-4-2-1-3-5-11)6-23-10-22-15-16(19)20-9-21-17(15)23/h1-6,9-10,13-14H,7-8H2,(H2,19,20,21)/b12-6-/t13-,14-/m0/s1. The first-order chi connectivity index (χ1) is 11.7. The number of nitrogens with two attached hydrogens (primary N) is 1. The summed E-state index contributed by atoms with van der Waals surface area (Å²) in [6, 6.07) is 9.83. The van der Waals surface area contributed by atoms with Crippen LogP contribution in [0.25, 0.3) is 17.4 Å². The van der Waals surface area contributed by atoms with Gasteiger partial charge in [-0.1, -0.05) is 30.3 Å². The monoisotopic (exact) mass is 325 g/mol. The molecule has 0 radical (unpaired) electrons.